The molecule has 8 nitrogen and oxygen atoms in total. The molecular weight excluding hydrogens is 377 g/mol. The van der Waals surface area contributed by atoms with Gasteiger partial charge in [0.25, 0.3) is 5.91 Å². The number of nitrogens with one attached hydrogen (secondary N) is 1. The number of carbonyl (C=O) groups is 2. The first-order chi connectivity index (χ1) is 13.8. The second kappa shape index (κ2) is 8.83. The predicted octanol–water partition coefficient (Wildman–Crippen LogP) is 0.173. The molecule has 0 radical (unpaired) electrons. The van der Waals surface area contributed by atoms with Crippen LogP contribution in [0.15, 0.2) is 12.1 Å². The highest BCUT2D eigenvalue weighted by molar-refractivity contribution is 6.62. The summed E-state index contributed by atoms with van der Waals surface area (Å²) < 4.78 is 21.2. The number of amides is 1. The van der Waals surface area contributed by atoms with Crippen molar-refractivity contribution in [2.24, 2.45) is 11.3 Å². The minimum atomic E-state index is -1.04. The summed E-state index contributed by atoms with van der Waals surface area (Å²) in [6.45, 7) is 7.34. The molecule has 2 aliphatic heterocycles. The van der Waals surface area contributed by atoms with E-state index in [0.29, 0.717) is 43.0 Å². The number of hydrogen-bond acceptors (Lipinski definition) is 7. The minimum absolute atomic E-state index is 0.161. The number of benzene rings is 1. The SMILES string of the molecule is COCC1(COC(=O)C(NC(=O)c2ccc3c(c2C)B(O)OC3)C(C)C)COC1. The maximum absolute atomic E-state index is 12.9. The van der Waals surface area contributed by atoms with Crippen LogP contribution >= 0.6 is 0 Å². The van der Waals surface area contributed by atoms with Gasteiger partial charge in [-0.25, -0.2) is 4.79 Å². The fourth-order valence-electron chi connectivity index (χ4n) is 3.69. The van der Waals surface area contributed by atoms with Gasteiger partial charge in [0.1, 0.15) is 12.6 Å². The molecule has 0 aliphatic carbocycles. The Bertz CT molecular complexity index is 778. The summed E-state index contributed by atoms with van der Waals surface area (Å²) in [5, 5.41) is 12.8. The van der Waals surface area contributed by atoms with Gasteiger partial charge in [-0.3, -0.25) is 4.79 Å². The van der Waals surface area contributed by atoms with E-state index in [1.807, 2.05) is 13.8 Å². The van der Waals surface area contributed by atoms with E-state index < -0.39 is 25.0 Å². The van der Waals surface area contributed by atoms with E-state index in [1.54, 1.807) is 26.2 Å². The predicted molar refractivity (Wildman–Crippen MR) is 106 cm³/mol. The molecule has 1 unspecified atom stereocenters. The van der Waals surface area contributed by atoms with Gasteiger partial charge in [0.2, 0.25) is 0 Å². The highest BCUT2D eigenvalue weighted by Gasteiger charge is 2.41. The minimum Gasteiger partial charge on any atom is -0.463 e. The average molecular weight is 405 g/mol. The summed E-state index contributed by atoms with van der Waals surface area (Å²) in [5.74, 6) is -1.04. The van der Waals surface area contributed by atoms with Crippen LogP contribution in [0.2, 0.25) is 0 Å². The molecular formula is C20H28BNO7. The molecule has 0 saturated carbocycles. The average Bonchev–Trinajstić information content (AvgIpc) is 3.03. The molecule has 0 bridgehead atoms. The van der Waals surface area contributed by atoms with Gasteiger partial charge in [-0.1, -0.05) is 19.9 Å². The quantitative estimate of drug-likeness (QED) is 0.470. The number of rotatable bonds is 8. The largest absolute Gasteiger partial charge is 0.492 e. The summed E-state index contributed by atoms with van der Waals surface area (Å²) >= 11 is 0. The van der Waals surface area contributed by atoms with Gasteiger partial charge >= 0.3 is 13.1 Å². The van der Waals surface area contributed by atoms with Crippen LogP contribution in [0.1, 0.15) is 35.3 Å². The molecule has 1 saturated heterocycles. The summed E-state index contributed by atoms with van der Waals surface area (Å²) in [6, 6.07) is 2.66. The van der Waals surface area contributed by atoms with E-state index in [1.165, 1.54) is 0 Å². The van der Waals surface area contributed by atoms with Crippen molar-refractivity contribution in [1.29, 1.82) is 0 Å². The third-order valence-electron chi connectivity index (χ3n) is 5.49. The summed E-state index contributed by atoms with van der Waals surface area (Å²) in [7, 11) is 0.560. The van der Waals surface area contributed by atoms with Crippen molar-refractivity contribution < 1.29 is 33.5 Å². The van der Waals surface area contributed by atoms with Crippen molar-refractivity contribution in [3.8, 4) is 0 Å². The molecule has 0 spiro atoms. The Morgan fingerprint density at radius 1 is 1.31 bits per heavy atom. The van der Waals surface area contributed by atoms with Crippen molar-refractivity contribution in [2.75, 3.05) is 33.5 Å². The first-order valence-electron chi connectivity index (χ1n) is 9.74. The molecule has 1 fully saturated rings. The summed E-state index contributed by atoms with van der Waals surface area (Å²) in [6.07, 6.45) is 0. The van der Waals surface area contributed by atoms with Crippen LogP contribution in [-0.4, -0.2) is 63.6 Å². The Morgan fingerprint density at radius 3 is 2.62 bits per heavy atom. The van der Waals surface area contributed by atoms with E-state index in [9.17, 15) is 14.6 Å². The maximum Gasteiger partial charge on any atom is 0.492 e. The lowest BCUT2D eigenvalue weighted by molar-refractivity contribution is -0.184. The van der Waals surface area contributed by atoms with E-state index in [0.717, 1.165) is 5.56 Å². The number of methoxy groups -OCH3 is 1. The maximum atomic E-state index is 12.9. The zero-order valence-corrected chi connectivity index (χ0v) is 17.3. The first-order valence-corrected chi connectivity index (χ1v) is 9.74. The fraction of sp³-hybridized carbons (Fsp3) is 0.600. The van der Waals surface area contributed by atoms with Crippen LogP contribution in [0.4, 0.5) is 0 Å². The third-order valence-corrected chi connectivity index (χ3v) is 5.49. The highest BCUT2D eigenvalue weighted by atomic mass is 16.6. The zero-order chi connectivity index (χ0) is 21.2. The van der Waals surface area contributed by atoms with Gasteiger partial charge in [0.15, 0.2) is 0 Å². The summed E-state index contributed by atoms with van der Waals surface area (Å²) in [4.78, 5) is 25.6. The molecule has 29 heavy (non-hydrogen) atoms. The molecule has 1 atom stereocenters. The number of ether oxygens (including phenoxy) is 3. The topological polar surface area (TPSA) is 103 Å². The number of fused-ring (bicyclic) bond motifs is 1. The second-order valence-electron chi connectivity index (χ2n) is 8.20. The third kappa shape index (κ3) is 4.48. The number of carbonyl (C=O) groups excluding carboxylic acids is 2. The first kappa shape index (κ1) is 21.8. The Kier molecular flexibility index (Phi) is 6.63. The molecule has 0 aromatic heterocycles. The molecule has 2 N–H and O–H groups in total. The van der Waals surface area contributed by atoms with Crippen LogP contribution < -0.4 is 10.8 Å². The van der Waals surface area contributed by atoms with Crippen LogP contribution in [0.25, 0.3) is 0 Å². The Hall–Kier alpha value is -1.94. The van der Waals surface area contributed by atoms with Crippen molar-refractivity contribution in [3.05, 3.63) is 28.8 Å². The molecule has 1 aromatic rings. The van der Waals surface area contributed by atoms with E-state index in [2.05, 4.69) is 5.32 Å². The van der Waals surface area contributed by atoms with Gasteiger partial charge in [-0.05, 0) is 35.5 Å². The van der Waals surface area contributed by atoms with Crippen molar-refractivity contribution in [2.45, 2.75) is 33.4 Å². The Labute approximate surface area is 171 Å². The van der Waals surface area contributed by atoms with Gasteiger partial charge < -0.3 is 29.2 Å². The monoisotopic (exact) mass is 405 g/mol. The molecule has 3 rings (SSSR count). The second-order valence-corrected chi connectivity index (χ2v) is 8.20. The normalized spacial score (nSPS) is 18.2. The van der Waals surface area contributed by atoms with Gasteiger partial charge in [-0.15, -0.1) is 0 Å². The molecule has 2 heterocycles. The number of esters is 1. The fourth-order valence-corrected chi connectivity index (χ4v) is 3.69. The van der Waals surface area contributed by atoms with Gasteiger partial charge in [0.05, 0.1) is 31.8 Å². The molecule has 2 aliphatic rings. The lowest BCUT2D eigenvalue weighted by atomic mass is 9.75. The summed E-state index contributed by atoms with van der Waals surface area (Å²) in [5.41, 5.74) is 2.20. The lowest BCUT2D eigenvalue weighted by Gasteiger charge is -2.40. The van der Waals surface area contributed by atoms with Gasteiger partial charge in [-0.2, -0.15) is 0 Å². The van der Waals surface area contributed by atoms with E-state index in [4.69, 9.17) is 18.9 Å². The van der Waals surface area contributed by atoms with Crippen LogP contribution in [0.5, 0.6) is 0 Å². The Balaban J connectivity index is 1.68. The standard InChI is InChI=1S/C20H28BNO7/c1-12(2)17(19(24)28-11-20(8-26-4)9-27-10-20)22-18(23)15-6-5-14-7-29-21(25)16(14)13(15)3/h5-6,12,17,25H,7-11H2,1-4H3,(H,22,23). The smallest absolute Gasteiger partial charge is 0.463 e. The zero-order valence-electron chi connectivity index (χ0n) is 17.3. The van der Waals surface area contributed by atoms with Crippen molar-refractivity contribution in [3.63, 3.8) is 0 Å². The van der Waals surface area contributed by atoms with E-state index in [-0.39, 0.29) is 17.9 Å². The lowest BCUT2D eigenvalue weighted by Crippen LogP contribution is -2.52. The van der Waals surface area contributed by atoms with Crippen LogP contribution in [0.3, 0.4) is 0 Å². The highest BCUT2D eigenvalue weighted by Crippen LogP contribution is 2.28. The Morgan fingerprint density at radius 2 is 2.03 bits per heavy atom. The molecule has 158 valence electrons. The van der Waals surface area contributed by atoms with Gasteiger partial charge in [0, 0.05) is 12.7 Å². The number of hydrogen-bond donors (Lipinski definition) is 2. The molecule has 9 heteroatoms. The van der Waals surface area contributed by atoms with Crippen molar-refractivity contribution in [1.82, 2.24) is 5.32 Å². The van der Waals surface area contributed by atoms with Crippen molar-refractivity contribution >= 4 is 24.5 Å². The molecule has 1 aromatic carbocycles. The van der Waals surface area contributed by atoms with Crippen LogP contribution in [-0.2, 0) is 30.3 Å². The molecule has 1 amide bonds. The van der Waals surface area contributed by atoms with Crippen LogP contribution in [0, 0.1) is 18.3 Å². The van der Waals surface area contributed by atoms with E-state index >= 15 is 0 Å².